The molecule has 0 saturated heterocycles. The number of hydrogen-bond donors (Lipinski definition) is 0. The fourth-order valence-electron chi connectivity index (χ4n) is 4.48. The first-order valence-electron chi connectivity index (χ1n) is 8.67. The van der Waals surface area contributed by atoms with Crippen LogP contribution in [0.1, 0.15) is 26.7 Å². The predicted octanol–water partition coefficient (Wildman–Crippen LogP) is 6.73. The Morgan fingerprint density at radius 1 is 0.826 bits per heavy atom. The van der Waals surface area contributed by atoms with E-state index in [1.807, 2.05) is 0 Å². The Labute approximate surface area is 149 Å². The van der Waals surface area contributed by atoms with Crippen molar-refractivity contribution in [2.75, 3.05) is 0 Å². The van der Waals surface area contributed by atoms with Gasteiger partial charge in [-0.1, -0.05) is 97.3 Å². The predicted molar refractivity (Wildman–Crippen MR) is 109 cm³/mol. The molecular formula is C20H24S2Si. The van der Waals surface area contributed by atoms with Crippen molar-refractivity contribution in [3.05, 3.63) is 66.5 Å². The fraction of sp³-hybridized carbons (Fsp3) is 0.400. The molecule has 0 fully saturated rings. The van der Waals surface area contributed by atoms with Crippen LogP contribution in [0.3, 0.4) is 0 Å². The van der Waals surface area contributed by atoms with Gasteiger partial charge in [-0.15, -0.1) is 0 Å². The third-order valence-electron chi connectivity index (χ3n) is 5.43. The molecular weight excluding hydrogens is 332 g/mol. The molecule has 2 unspecified atom stereocenters. The van der Waals surface area contributed by atoms with E-state index in [2.05, 4.69) is 86.9 Å². The highest BCUT2D eigenvalue weighted by Gasteiger charge is 2.47. The zero-order valence-electron chi connectivity index (χ0n) is 14.3. The summed E-state index contributed by atoms with van der Waals surface area (Å²) in [5.74, 6) is 1.18. The van der Waals surface area contributed by atoms with Gasteiger partial charge in [0, 0.05) is 21.6 Å². The van der Waals surface area contributed by atoms with Crippen molar-refractivity contribution in [1.82, 2.24) is 0 Å². The summed E-state index contributed by atoms with van der Waals surface area (Å²) in [7, 11) is -1.64. The van der Waals surface area contributed by atoms with Crippen molar-refractivity contribution in [1.29, 1.82) is 0 Å². The van der Waals surface area contributed by atoms with Crippen molar-refractivity contribution in [3.63, 3.8) is 0 Å². The molecule has 0 saturated carbocycles. The van der Waals surface area contributed by atoms with Crippen LogP contribution >= 0.6 is 23.5 Å². The lowest BCUT2D eigenvalue weighted by Gasteiger charge is -2.33. The van der Waals surface area contributed by atoms with Gasteiger partial charge in [0.05, 0.1) is 0 Å². The molecule has 0 aromatic heterocycles. The van der Waals surface area contributed by atoms with Crippen LogP contribution < -0.4 is 0 Å². The lowest BCUT2D eigenvalue weighted by Crippen LogP contribution is -2.37. The van der Waals surface area contributed by atoms with E-state index in [-0.39, 0.29) is 0 Å². The van der Waals surface area contributed by atoms with Gasteiger partial charge in [0.1, 0.15) is 8.07 Å². The summed E-state index contributed by atoms with van der Waals surface area (Å²) in [4.78, 5) is 6.46. The molecule has 2 atom stereocenters. The summed E-state index contributed by atoms with van der Waals surface area (Å²) in [6.45, 7) is 9.87. The topological polar surface area (TPSA) is 0 Å². The zero-order chi connectivity index (χ0) is 16.2. The molecule has 0 aromatic carbocycles. The van der Waals surface area contributed by atoms with Crippen LogP contribution in [-0.2, 0) is 0 Å². The van der Waals surface area contributed by atoms with Crippen LogP contribution in [0.4, 0.5) is 0 Å². The number of allylic oxidation sites excluding steroid dienone is 12. The van der Waals surface area contributed by atoms with Crippen LogP contribution in [-0.4, -0.2) is 8.07 Å². The van der Waals surface area contributed by atoms with Gasteiger partial charge in [-0.3, -0.25) is 0 Å². The molecule has 0 amide bonds. The van der Waals surface area contributed by atoms with E-state index in [4.69, 9.17) is 0 Å². The van der Waals surface area contributed by atoms with Crippen LogP contribution in [0.5, 0.6) is 0 Å². The first-order valence-corrected chi connectivity index (χ1v) is 13.3. The van der Waals surface area contributed by atoms with Crippen LogP contribution in [0.15, 0.2) is 66.5 Å². The molecule has 0 aromatic rings. The van der Waals surface area contributed by atoms with E-state index < -0.39 is 8.07 Å². The Kier molecular flexibility index (Phi) is 3.94. The van der Waals surface area contributed by atoms with Crippen molar-refractivity contribution >= 4 is 31.6 Å². The second kappa shape index (κ2) is 5.71. The monoisotopic (exact) mass is 356 g/mol. The molecule has 0 N–H and O–H groups in total. The Hall–Kier alpha value is -0.643. The first kappa shape index (κ1) is 15.9. The Balaban J connectivity index is 1.83. The number of thioether (sulfide) groups is 2. The second-order valence-electron chi connectivity index (χ2n) is 7.07. The Bertz CT molecular complexity index is 682. The van der Waals surface area contributed by atoms with Crippen molar-refractivity contribution in [2.45, 2.75) is 39.8 Å². The average Bonchev–Trinajstić information content (AvgIpc) is 3.24. The van der Waals surface area contributed by atoms with Gasteiger partial charge in [-0.2, -0.15) is 0 Å². The minimum Gasteiger partial charge on any atom is -0.0985 e. The SMILES string of the molecule is CCC1=C([Si](C)(C)C2=C(CC)SC3=CC=CC32)C2C=CC=C2S1. The average molecular weight is 357 g/mol. The normalized spacial score (nSPS) is 28.7. The highest BCUT2D eigenvalue weighted by atomic mass is 32.2. The highest BCUT2D eigenvalue weighted by Crippen LogP contribution is 2.58. The molecule has 23 heavy (non-hydrogen) atoms. The van der Waals surface area contributed by atoms with Crippen molar-refractivity contribution < 1.29 is 0 Å². The lowest BCUT2D eigenvalue weighted by molar-refractivity contribution is 0.979. The summed E-state index contributed by atoms with van der Waals surface area (Å²) in [5, 5.41) is 3.60. The maximum absolute atomic E-state index is 2.61. The first-order chi connectivity index (χ1) is 11.1. The van der Waals surface area contributed by atoms with E-state index >= 15 is 0 Å². The van der Waals surface area contributed by atoms with E-state index in [1.165, 1.54) is 12.8 Å². The van der Waals surface area contributed by atoms with Gasteiger partial charge in [0.15, 0.2) is 0 Å². The van der Waals surface area contributed by atoms with E-state index in [0.717, 1.165) is 0 Å². The molecule has 3 heteroatoms. The van der Waals surface area contributed by atoms with Crippen LogP contribution in [0.25, 0.3) is 0 Å². The molecule has 4 rings (SSSR count). The van der Waals surface area contributed by atoms with Crippen molar-refractivity contribution in [2.24, 2.45) is 11.8 Å². The lowest BCUT2D eigenvalue weighted by atomic mass is 10.1. The summed E-state index contributed by atoms with van der Waals surface area (Å²) >= 11 is 4.12. The van der Waals surface area contributed by atoms with Crippen molar-refractivity contribution in [3.8, 4) is 0 Å². The molecule has 120 valence electrons. The van der Waals surface area contributed by atoms with E-state index in [9.17, 15) is 0 Å². The molecule has 0 radical (unpaired) electrons. The van der Waals surface area contributed by atoms with Gasteiger partial charge in [-0.25, -0.2) is 0 Å². The van der Waals surface area contributed by atoms with E-state index in [1.54, 1.807) is 30.0 Å². The van der Waals surface area contributed by atoms with Crippen LogP contribution in [0.2, 0.25) is 13.1 Å². The van der Waals surface area contributed by atoms with Gasteiger partial charge in [-0.05, 0) is 22.7 Å². The highest BCUT2D eigenvalue weighted by molar-refractivity contribution is 8.07. The summed E-state index contributed by atoms with van der Waals surface area (Å²) in [6.07, 6.45) is 16.4. The maximum atomic E-state index is 2.61. The molecule has 2 heterocycles. The Morgan fingerprint density at radius 3 is 1.65 bits per heavy atom. The summed E-state index contributed by atoms with van der Waals surface area (Å²) in [5.41, 5.74) is 0. The summed E-state index contributed by atoms with van der Waals surface area (Å²) < 4.78 is 0. The third kappa shape index (κ3) is 2.27. The molecule has 2 aliphatic heterocycles. The molecule has 4 aliphatic rings. The van der Waals surface area contributed by atoms with Gasteiger partial charge < -0.3 is 0 Å². The number of rotatable bonds is 4. The standard InChI is InChI=1S/C20H24S2Si/c1-5-15-19(13-9-7-11-17(13)21-15)23(3,4)20-14-10-8-12-18(14)22-16(20)6-2/h7-14H,5-6H2,1-4H3. The van der Waals surface area contributed by atoms with Crippen LogP contribution in [0, 0.1) is 11.8 Å². The number of hydrogen-bond acceptors (Lipinski definition) is 2. The van der Waals surface area contributed by atoms with Gasteiger partial charge >= 0.3 is 0 Å². The zero-order valence-corrected chi connectivity index (χ0v) is 17.0. The minimum atomic E-state index is -1.64. The van der Waals surface area contributed by atoms with Gasteiger partial charge in [0.2, 0.25) is 0 Å². The number of fused-ring (bicyclic) bond motifs is 2. The maximum Gasteiger partial charge on any atom is 0.107 e. The molecule has 2 aliphatic carbocycles. The van der Waals surface area contributed by atoms with E-state index in [0.29, 0.717) is 11.8 Å². The fourth-order valence-corrected chi connectivity index (χ4v) is 12.9. The summed E-state index contributed by atoms with van der Waals surface area (Å²) in [6, 6.07) is 0. The molecule has 0 spiro atoms. The largest absolute Gasteiger partial charge is 0.107 e. The second-order valence-corrected chi connectivity index (χ2v) is 13.7. The minimum absolute atomic E-state index is 0.589. The Morgan fingerprint density at radius 2 is 1.26 bits per heavy atom. The molecule has 0 bridgehead atoms. The third-order valence-corrected chi connectivity index (χ3v) is 12.5. The smallest absolute Gasteiger partial charge is 0.0985 e. The quantitative estimate of drug-likeness (QED) is 0.512. The molecule has 0 nitrogen and oxygen atoms in total. The van der Waals surface area contributed by atoms with Gasteiger partial charge in [0.25, 0.3) is 0 Å².